The van der Waals surface area contributed by atoms with Crippen molar-refractivity contribution in [3.05, 3.63) is 77.6 Å². The number of aromatic nitrogens is 3. The summed E-state index contributed by atoms with van der Waals surface area (Å²) < 4.78 is 29.0. The molecule has 2 aromatic heterocycles. The number of halogens is 1. The number of rotatable bonds is 9. The number of para-hydroxylation sites is 1. The molecule has 0 bridgehead atoms. The van der Waals surface area contributed by atoms with E-state index in [1.54, 1.807) is 23.0 Å². The average Bonchev–Trinajstić information content (AvgIpc) is 3.26. The summed E-state index contributed by atoms with van der Waals surface area (Å²) in [6.07, 6.45) is 4.55. The maximum atomic E-state index is 12.3. The van der Waals surface area contributed by atoms with Crippen molar-refractivity contribution in [2.45, 2.75) is 17.7 Å². The Morgan fingerprint density at radius 2 is 1.73 bits per heavy atom. The van der Waals surface area contributed by atoms with Gasteiger partial charge in [0.1, 0.15) is 6.07 Å². The van der Waals surface area contributed by atoms with Crippen molar-refractivity contribution in [2.24, 2.45) is 0 Å². The fourth-order valence-corrected chi connectivity index (χ4v) is 4.58. The van der Waals surface area contributed by atoms with E-state index in [1.165, 1.54) is 18.3 Å². The fraction of sp³-hybridized carbons (Fsp3) is 0.174. The third kappa shape index (κ3) is 5.14. The second-order valence-corrected chi connectivity index (χ2v) is 9.48. The first-order valence-electron chi connectivity index (χ1n) is 10.3. The highest BCUT2D eigenvalue weighted by Gasteiger charge is 2.15. The average molecular weight is 481 g/mol. The normalized spacial score (nSPS) is 11.4. The van der Waals surface area contributed by atoms with Crippen molar-refractivity contribution in [3.63, 3.8) is 0 Å². The van der Waals surface area contributed by atoms with Crippen molar-refractivity contribution in [2.75, 3.05) is 18.4 Å². The van der Waals surface area contributed by atoms with E-state index < -0.39 is 10.0 Å². The molecule has 0 unspecified atom stereocenters. The maximum absolute atomic E-state index is 12.3. The van der Waals surface area contributed by atoms with Gasteiger partial charge in [0.2, 0.25) is 10.0 Å². The lowest BCUT2D eigenvalue weighted by atomic mass is 10.2. The van der Waals surface area contributed by atoms with Crippen molar-refractivity contribution < 1.29 is 8.42 Å². The molecule has 0 spiro atoms. The summed E-state index contributed by atoms with van der Waals surface area (Å²) in [7, 11) is -3.57. The lowest BCUT2D eigenvalue weighted by molar-refractivity contribution is 0.577. The van der Waals surface area contributed by atoms with Crippen LogP contribution in [-0.2, 0) is 10.0 Å². The highest BCUT2D eigenvalue weighted by Crippen LogP contribution is 2.27. The van der Waals surface area contributed by atoms with Gasteiger partial charge >= 0.3 is 0 Å². The van der Waals surface area contributed by atoms with Crippen LogP contribution in [0.2, 0.25) is 5.02 Å². The van der Waals surface area contributed by atoms with Crippen LogP contribution in [0, 0.1) is 11.3 Å². The van der Waals surface area contributed by atoms with E-state index in [9.17, 15) is 13.7 Å². The van der Waals surface area contributed by atoms with Gasteiger partial charge in [-0.3, -0.25) is 0 Å². The number of unbranched alkanes of at least 4 members (excludes halogenated alkanes) is 1. The molecule has 168 valence electrons. The van der Waals surface area contributed by atoms with Crippen molar-refractivity contribution in [1.29, 1.82) is 5.26 Å². The summed E-state index contributed by atoms with van der Waals surface area (Å²) >= 11 is 5.81. The number of benzene rings is 2. The Morgan fingerprint density at radius 1 is 1.00 bits per heavy atom. The molecule has 0 radical (unpaired) electrons. The summed E-state index contributed by atoms with van der Waals surface area (Å²) in [6.45, 7) is 0.864. The number of sulfonamides is 1. The van der Waals surface area contributed by atoms with Gasteiger partial charge in [0.15, 0.2) is 5.65 Å². The van der Waals surface area contributed by atoms with Crippen molar-refractivity contribution in [3.8, 4) is 11.8 Å². The Morgan fingerprint density at radius 3 is 2.45 bits per heavy atom. The molecule has 2 N–H and O–H groups in total. The SMILES string of the molecule is N#Cc1cnc2c(cnn2-c2ccccc2)c1NCCCCNS(=O)(=O)c1ccc(Cl)cc1. The van der Waals surface area contributed by atoms with Crippen LogP contribution < -0.4 is 10.0 Å². The molecule has 2 heterocycles. The molecule has 0 aliphatic carbocycles. The zero-order valence-electron chi connectivity index (χ0n) is 17.6. The minimum absolute atomic E-state index is 0.179. The third-order valence-corrected chi connectivity index (χ3v) is 6.77. The van der Waals surface area contributed by atoms with E-state index >= 15 is 0 Å². The van der Waals surface area contributed by atoms with Gasteiger partial charge in [0.25, 0.3) is 0 Å². The van der Waals surface area contributed by atoms with Gasteiger partial charge in [-0.25, -0.2) is 22.8 Å². The molecular weight excluding hydrogens is 460 g/mol. The van der Waals surface area contributed by atoms with Gasteiger partial charge in [0.05, 0.1) is 33.4 Å². The molecule has 33 heavy (non-hydrogen) atoms. The van der Waals surface area contributed by atoms with Gasteiger partial charge in [0, 0.05) is 24.3 Å². The van der Waals surface area contributed by atoms with Crippen LogP contribution >= 0.6 is 11.6 Å². The second-order valence-electron chi connectivity index (χ2n) is 7.27. The number of nitriles is 1. The smallest absolute Gasteiger partial charge is 0.240 e. The Bertz CT molecular complexity index is 1400. The van der Waals surface area contributed by atoms with E-state index in [4.69, 9.17) is 11.6 Å². The van der Waals surface area contributed by atoms with Crippen LogP contribution in [0.1, 0.15) is 18.4 Å². The first-order valence-corrected chi connectivity index (χ1v) is 12.2. The second kappa shape index (κ2) is 10.0. The Labute approximate surface area is 196 Å². The number of fused-ring (bicyclic) bond motifs is 1. The highest BCUT2D eigenvalue weighted by molar-refractivity contribution is 7.89. The lowest BCUT2D eigenvalue weighted by Crippen LogP contribution is -2.25. The fourth-order valence-electron chi connectivity index (χ4n) is 3.38. The Balaban J connectivity index is 1.38. The zero-order chi connectivity index (χ0) is 23.3. The largest absolute Gasteiger partial charge is 0.383 e. The summed E-state index contributed by atoms with van der Waals surface area (Å²) in [5.74, 6) is 0. The quantitative estimate of drug-likeness (QED) is 0.348. The number of nitrogens with one attached hydrogen (secondary N) is 2. The molecule has 0 saturated carbocycles. The van der Waals surface area contributed by atoms with Gasteiger partial charge in [-0.2, -0.15) is 10.4 Å². The number of pyridine rings is 1. The molecule has 0 saturated heterocycles. The van der Waals surface area contributed by atoms with E-state index in [1.807, 2.05) is 30.3 Å². The first kappa shape index (κ1) is 22.7. The Kier molecular flexibility index (Phi) is 6.89. The zero-order valence-corrected chi connectivity index (χ0v) is 19.1. The highest BCUT2D eigenvalue weighted by atomic mass is 35.5. The van der Waals surface area contributed by atoms with Crippen LogP contribution in [-0.4, -0.2) is 36.3 Å². The van der Waals surface area contributed by atoms with Crippen LogP contribution in [0.3, 0.4) is 0 Å². The first-order chi connectivity index (χ1) is 16.0. The molecule has 0 fully saturated rings. The molecule has 0 aliphatic heterocycles. The van der Waals surface area contributed by atoms with E-state index in [0.29, 0.717) is 47.9 Å². The lowest BCUT2D eigenvalue weighted by Gasteiger charge is -2.10. The molecule has 8 nitrogen and oxygen atoms in total. The number of hydrogen-bond donors (Lipinski definition) is 2. The summed E-state index contributed by atoms with van der Waals surface area (Å²) in [4.78, 5) is 4.60. The molecular formula is C23H21ClN6O2S. The van der Waals surface area contributed by atoms with Crippen LogP contribution in [0.25, 0.3) is 16.7 Å². The summed E-state index contributed by atoms with van der Waals surface area (Å²) in [5.41, 5.74) is 2.63. The van der Waals surface area contributed by atoms with Gasteiger partial charge in [-0.15, -0.1) is 0 Å². The van der Waals surface area contributed by atoms with Crippen molar-refractivity contribution >= 4 is 38.3 Å². The minimum Gasteiger partial charge on any atom is -0.383 e. The predicted octanol–water partition coefficient (Wildman–Crippen LogP) is 4.12. The molecule has 2 aromatic carbocycles. The van der Waals surface area contributed by atoms with Crippen molar-refractivity contribution in [1.82, 2.24) is 19.5 Å². The van der Waals surface area contributed by atoms with Crippen LogP contribution in [0.15, 0.2) is 71.9 Å². The summed E-state index contributed by atoms with van der Waals surface area (Å²) in [5, 5.41) is 18.5. The minimum atomic E-state index is -3.57. The number of anilines is 1. The van der Waals surface area contributed by atoms with Crippen LogP contribution in [0.5, 0.6) is 0 Å². The van der Waals surface area contributed by atoms with E-state index in [0.717, 1.165) is 11.1 Å². The van der Waals surface area contributed by atoms with E-state index in [-0.39, 0.29) is 4.90 Å². The van der Waals surface area contributed by atoms with Gasteiger partial charge < -0.3 is 5.32 Å². The molecule has 0 amide bonds. The number of nitrogens with zero attached hydrogens (tertiary/aromatic N) is 4. The molecule has 0 atom stereocenters. The molecule has 4 aromatic rings. The van der Waals surface area contributed by atoms with Gasteiger partial charge in [-0.1, -0.05) is 29.8 Å². The monoisotopic (exact) mass is 480 g/mol. The molecule has 10 heteroatoms. The standard InChI is InChI=1S/C23H21ClN6O2S/c24-18-8-10-20(11-9-18)33(31,32)29-13-5-4-12-26-22-17(14-25)15-27-23-21(22)16-28-30(23)19-6-2-1-3-7-19/h1-3,6-11,15-16,29H,4-5,12-13H2,(H,26,27). The van der Waals surface area contributed by atoms with Crippen LogP contribution in [0.4, 0.5) is 5.69 Å². The summed E-state index contributed by atoms with van der Waals surface area (Å²) in [6, 6.07) is 17.8. The van der Waals surface area contributed by atoms with E-state index in [2.05, 4.69) is 26.2 Å². The topological polar surface area (TPSA) is 113 Å². The number of hydrogen-bond acceptors (Lipinski definition) is 6. The molecule has 4 rings (SSSR count). The molecule has 0 aliphatic rings. The maximum Gasteiger partial charge on any atom is 0.240 e. The predicted molar refractivity (Wildman–Crippen MR) is 128 cm³/mol. The third-order valence-electron chi connectivity index (χ3n) is 5.04. The Hall–Kier alpha value is -3.45. The van der Waals surface area contributed by atoms with Gasteiger partial charge in [-0.05, 0) is 49.2 Å².